The Morgan fingerprint density at radius 3 is 2.09 bits per heavy atom. The molecule has 0 aliphatic heterocycles. The molecule has 0 radical (unpaired) electrons. The number of rotatable bonds is 3. The zero-order valence-electron chi connectivity index (χ0n) is 7.59. The number of hydrogen-bond acceptors (Lipinski definition) is 2. The average Bonchev–Trinajstić information content (AvgIpc) is 1.87. The van der Waals surface area contributed by atoms with Gasteiger partial charge in [-0.3, -0.25) is 5.73 Å². The second-order valence-electron chi connectivity index (χ2n) is 3.45. The van der Waals surface area contributed by atoms with Crippen LogP contribution in [-0.2, 0) is 4.79 Å². The largest absolute Gasteiger partial charge is 0.476 e. The topological polar surface area (TPSA) is 63.3 Å². The lowest BCUT2D eigenvalue weighted by Gasteiger charge is -2.39. The van der Waals surface area contributed by atoms with E-state index in [2.05, 4.69) is 0 Å². The molecule has 0 heterocycles. The molecule has 0 aromatic rings. The first kappa shape index (κ1) is 10.4. The lowest BCUT2D eigenvalue weighted by molar-refractivity contribution is -0.928. The van der Waals surface area contributed by atoms with Crippen LogP contribution in [0.4, 0.5) is 0 Å². The van der Waals surface area contributed by atoms with Crippen LogP contribution in [0.3, 0.4) is 0 Å². The molecule has 0 aliphatic carbocycles. The molecule has 1 atom stereocenters. The molecule has 66 valence electrons. The summed E-state index contributed by atoms with van der Waals surface area (Å²) in [4.78, 5) is 10.7. The van der Waals surface area contributed by atoms with E-state index in [-0.39, 0.29) is 4.48 Å². The molecule has 3 N–H and O–H groups in total. The standard InChI is InChI=1S/C7H16N2O2/c1-5-9(3,4)7(2,8)6(10)11/h5,8H2,1-4H3/p+1. The zero-order valence-corrected chi connectivity index (χ0v) is 7.59. The number of carboxylic acid groups (broad SMARTS) is 1. The first-order chi connectivity index (χ1) is 4.75. The third kappa shape index (κ3) is 1.70. The van der Waals surface area contributed by atoms with E-state index in [1.54, 1.807) is 14.1 Å². The van der Waals surface area contributed by atoms with Gasteiger partial charge in [-0.2, -0.15) is 0 Å². The summed E-state index contributed by atoms with van der Waals surface area (Å²) in [5.41, 5.74) is 4.42. The molecular weight excluding hydrogens is 144 g/mol. The summed E-state index contributed by atoms with van der Waals surface area (Å²) < 4.78 is 0.280. The molecule has 0 aromatic heterocycles. The number of aliphatic carboxylic acids is 1. The highest BCUT2D eigenvalue weighted by Crippen LogP contribution is 2.13. The van der Waals surface area contributed by atoms with Crippen LogP contribution in [0.15, 0.2) is 0 Å². The minimum atomic E-state index is -1.20. The molecule has 0 bridgehead atoms. The molecule has 4 heteroatoms. The van der Waals surface area contributed by atoms with Gasteiger partial charge in [0, 0.05) is 6.92 Å². The summed E-state index contributed by atoms with van der Waals surface area (Å²) in [5, 5.41) is 8.77. The molecule has 0 fully saturated rings. The second kappa shape index (κ2) is 2.79. The van der Waals surface area contributed by atoms with Crippen LogP contribution in [0.25, 0.3) is 0 Å². The van der Waals surface area contributed by atoms with Crippen LogP contribution in [-0.4, -0.2) is 41.9 Å². The van der Waals surface area contributed by atoms with Crippen LogP contribution in [0, 0.1) is 0 Å². The summed E-state index contributed by atoms with van der Waals surface area (Å²) in [6.07, 6.45) is 0. The van der Waals surface area contributed by atoms with Gasteiger partial charge in [0.1, 0.15) is 0 Å². The van der Waals surface area contributed by atoms with Crippen molar-refractivity contribution < 1.29 is 14.4 Å². The van der Waals surface area contributed by atoms with Crippen molar-refractivity contribution in [3.63, 3.8) is 0 Å². The lowest BCUT2D eigenvalue weighted by atomic mass is 10.1. The highest BCUT2D eigenvalue weighted by molar-refractivity contribution is 5.75. The maximum absolute atomic E-state index is 10.7. The van der Waals surface area contributed by atoms with Crippen LogP contribution in [0.1, 0.15) is 13.8 Å². The smallest absolute Gasteiger partial charge is 0.381 e. The molecule has 0 rings (SSSR count). The third-order valence-corrected chi connectivity index (χ3v) is 2.48. The number of carboxylic acids is 1. The fourth-order valence-electron chi connectivity index (χ4n) is 0.587. The molecule has 0 spiro atoms. The summed E-state index contributed by atoms with van der Waals surface area (Å²) in [7, 11) is 3.60. The fourth-order valence-corrected chi connectivity index (χ4v) is 0.587. The van der Waals surface area contributed by atoms with Crippen LogP contribution in [0.5, 0.6) is 0 Å². The van der Waals surface area contributed by atoms with E-state index in [1.807, 2.05) is 6.92 Å². The summed E-state index contributed by atoms with van der Waals surface area (Å²) in [6.45, 7) is 4.13. The lowest BCUT2D eigenvalue weighted by Crippen LogP contribution is -2.67. The number of likely N-dealkylation sites (N-methyl/N-ethyl adjacent to an activating group) is 1. The van der Waals surface area contributed by atoms with Crippen molar-refractivity contribution in [2.75, 3.05) is 20.6 Å². The number of nitrogens with zero attached hydrogens (tertiary/aromatic N) is 1. The zero-order chi connectivity index (χ0) is 9.28. The summed E-state index contributed by atoms with van der Waals surface area (Å²) in [6, 6.07) is 0. The van der Waals surface area contributed by atoms with Crippen molar-refractivity contribution in [2.45, 2.75) is 19.5 Å². The van der Waals surface area contributed by atoms with Gasteiger partial charge in [0.15, 0.2) is 0 Å². The van der Waals surface area contributed by atoms with E-state index in [1.165, 1.54) is 6.92 Å². The molecule has 0 saturated carbocycles. The Hall–Kier alpha value is -0.610. The van der Waals surface area contributed by atoms with E-state index in [4.69, 9.17) is 10.8 Å². The predicted molar refractivity (Wildman–Crippen MR) is 42.9 cm³/mol. The predicted octanol–water partition coefficient (Wildman–Crippen LogP) is -0.158. The minimum Gasteiger partial charge on any atom is -0.476 e. The Kier molecular flexibility index (Phi) is 2.64. The molecule has 0 saturated heterocycles. The van der Waals surface area contributed by atoms with Crippen molar-refractivity contribution in [1.82, 2.24) is 0 Å². The first-order valence-corrected chi connectivity index (χ1v) is 3.61. The quantitative estimate of drug-likeness (QED) is 0.446. The van der Waals surface area contributed by atoms with Crippen LogP contribution >= 0.6 is 0 Å². The summed E-state index contributed by atoms with van der Waals surface area (Å²) >= 11 is 0. The Labute approximate surface area is 67.2 Å². The normalized spacial score (nSPS) is 17.5. The van der Waals surface area contributed by atoms with Gasteiger partial charge < -0.3 is 9.59 Å². The van der Waals surface area contributed by atoms with Crippen molar-refractivity contribution in [2.24, 2.45) is 5.73 Å². The maximum atomic E-state index is 10.7. The first-order valence-electron chi connectivity index (χ1n) is 3.61. The number of carbonyl (C=O) groups is 1. The van der Waals surface area contributed by atoms with Crippen molar-refractivity contribution in [1.29, 1.82) is 0 Å². The van der Waals surface area contributed by atoms with E-state index >= 15 is 0 Å². The van der Waals surface area contributed by atoms with Gasteiger partial charge in [-0.15, -0.1) is 0 Å². The monoisotopic (exact) mass is 161 g/mol. The maximum Gasteiger partial charge on any atom is 0.381 e. The molecular formula is C7H17N2O2+. The highest BCUT2D eigenvalue weighted by Gasteiger charge is 2.43. The van der Waals surface area contributed by atoms with Gasteiger partial charge in [-0.05, 0) is 6.92 Å². The fraction of sp³-hybridized carbons (Fsp3) is 0.857. The van der Waals surface area contributed by atoms with E-state index in [9.17, 15) is 4.79 Å². The molecule has 4 nitrogen and oxygen atoms in total. The minimum absolute atomic E-state index is 0.280. The van der Waals surface area contributed by atoms with E-state index in [0.29, 0.717) is 6.54 Å². The Morgan fingerprint density at radius 2 is 2.00 bits per heavy atom. The van der Waals surface area contributed by atoms with Gasteiger partial charge in [-0.25, -0.2) is 4.79 Å². The average molecular weight is 161 g/mol. The molecule has 0 aliphatic rings. The molecule has 0 amide bonds. The number of quaternary nitrogens is 1. The SMILES string of the molecule is CC[N+](C)(C)C(C)(N)C(=O)O. The van der Waals surface area contributed by atoms with Crippen molar-refractivity contribution in [3.8, 4) is 0 Å². The Balaban J connectivity index is 4.67. The van der Waals surface area contributed by atoms with E-state index in [0.717, 1.165) is 0 Å². The van der Waals surface area contributed by atoms with Crippen LogP contribution < -0.4 is 5.73 Å². The molecule has 1 unspecified atom stereocenters. The molecule has 0 aromatic carbocycles. The van der Waals surface area contributed by atoms with Gasteiger partial charge >= 0.3 is 5.97 Å². The van der Waals surface area contributed by atoms with Crippen molar-refractivity contribution >= 4 is 5.97 Å². The van der Waals surface area contributed by atoms with Gasteiger partial charge in [-0.1, -0.05) is 0 Å². The Morgan fingerprint density at radius 1 is 1.64 bits per heavy atom. The third-order valence-electron chi connectivity index (χ3n) is 2.48. The summed E-state index contributed by atoms with van der Waals surface area (Å²) in [5.74, 6) is -0.968. The number of hydrogen-bond donors (Lipinski definition) is 2. The van der Waals surface area contributed by atoms with Crippen molar-refractivity contribution in [3.05, 3.63) is 0 Å². The molecule has 11 heavy (non-hydrogen) atoms. The van der Waals surface area contributed by atoms with Gasteiger partial charge in [0.05, 0.1) is 20.6 Å². The number of nitrogens with two attached hydrogens (primary N) is 1. The Bertz CT molecular complexity index is 164. The van der Waals surface area contributed by atoms with Gasteiger partial charge in [0.2, 0.25) is 5.66 Å². The van der Waals surface area contributed by atoms with E-state index < -0.39 is 11.6 Å². The van der Waals surface area contributed by atoms with Crippen LogP contribution in [0.2, 0.25) is 0 Å². The van der Waals surface area contributed by atoms with Gasteiger partial charge in [0.25, 0.3) is 0 Å². The second-order valence-corrected chi connectivity index (χ2v) is 3.45. The highest BCUT2D eigenvalue weighted by atomic mass is 16.4.